The lowest BCUT2D eigenvalue weighted by molar-refractivity contribution is 0.0769. The van der Waals surface area contributed by atoms with Gasteiger partial charge < -0.3 is 29.9 Å². The van der Waals surface area contributed by atoms with E-state index in [1.165, 1.54) is 0 Å². The van der Waals surface area contributed by atoms with E-state index in [1.807, 2.05) is 32.2 Å². The van der Waals surface area contributed by atoms with Crippen LogP contribution in [0.1, 0.15) is 28.4 Å². The van der Waals surface area contributed by atoms with Crippen LogP contribution in [-0.4, -0.2) is 115 Å². The van der Waals surface area contributed by atoms with Crippen LogP contribution in [-0.2, 0) is 15.9 Å². The van der Waals surface area contributed by atoms with E-state index in [0.717, 1.165) is 79.6 Å². The molecule has 12 nitrogen and oxygen atoms in total. The van der Waals surface area contributed by atoms with Crippen molar-refractivity contribution in [3.8, 4) is 11.3 Å². The molecule has 1 fully saturated rings. The van der Waals surface area contributed by atoms with Gasteiger partial charge >= 0.3 is 0 Å². The van der Waals surface area contributed by atoms with Gasteiger partial charge in [-0.3, -0.25) is 9.69 Å². The Balaban J connectivity index is 1.40. The van der Waals surface area contributed by atoms with Crippen molar-refractivity contribution in [2.45, 2.75) is 20.3 Å². The van der Waals surface area contributed by atoms with Gasteiger partial charge in [0.25, 0.3) is 5.91 Å². The number of carbonyl (C=O) groups is 1. The van der Waals surface area contributed by atoms with Crippen LogP contribution < -0.4 is 15.5 Å². The van der Waals surface area contributed by atoms with Crippen LogP contribution in [0.5, 0.6) is 0 Å². The number of hydrogen-bond donors (Lipinski definition) is 1. The van der Waals surface area contributed by atoms with E-state index < -0.39 is 0 Å². The number of aryl methyl sites for hydroxylation is 1. The van der Waals surface area contributed by atoms with E-state index in [-0.39, 0.29) is 11.9 Å². The molecular weight excluding hydrogens is 534 g/mol. The second kappa shape index (κ2) is 13.4. The number of amides is 1. The average Bonchev–Trinajstić information content (AvgIpc) is 3.45. The zero-order chi connectivity index (χ0) is 29.6. The normalized spacial score (nSPS) is 14.9. The van der Waals surface area contributed by atoms with Gasteiger partial charge in [0.05, 0.1) is 25.5 Å². The summed E-state index contributed by atoms with van der Waals surface area (Å²) in [7, 11) is 3.57. The zero-order valence-electron chi connectivity index (χ0n) is 25.0. The van der Waals surface area contributed by atoms with Gasteiger partial charge in [0.2, 0.25) is 11.9 Å². The third-order valence-corrected chi connectivity index (χ3v) is 7.95. The van der Waals surface area contributed by atoms with Crippen LogP contribution in [0.4, 0.5) is 23.4 Å². The number of carbonyl (C=O) groups excluding carboxylic acids is 1. The Morgan fingerprint density at radius 2 is 1.86 bits per heavy atom. The van der Waals surface area contributed by atoms with Crippen LogP contribution >= 0.6 is 0 Å². The maximum atomic E-state index is 13.3. The molecule has 224 valence electrons. The summed E-state index contributed by atoms with van der Waals surface area (Å²) in [5.74, 6) is 1.77. The van der Waals surface area contributed by atoms with Gasteiger partial charge in [0, 0.05) is 88.2 Å². The fraction of sp³-hybridized carbons (Fsp3) is 0.500. The number of nitrogens with zero attached hydrogens (tertiary/aromatic N) is 8. The number of hydrogen-bond acceptors (Lipinski definition) is 11. The highest BCUT2D eigenvalue weighted by Crippen LogP contribution is 2.40. The predicted octanol–water partition coefficient (Wildman–Crippen LogP) is 2.40. The minimum Gasteiger partial charge on any atom is -0.383 e. The fourth-order valence-electron chi connectivity index (χ4n) is 5.44. The Morgan fingerprint density at radius 3 is 2.55 bits per heavy atom. The molecule has 0 radical (unpaired) electrons. The standard InChI is InChI=1S/C30H41N9O3/c1-5-37(12-15-41-4)11-10-36(3)28(40)22-6-7-25(21(2)18-22)39-9-8-24-26(23-19-32-29(31)33-20-23)34-30(35-27(24)39)38-13-16-42-17-14-38/h6-7,18-20H,5,8-17H2,1-4H3,(H2,31,32,33). The molecule has 12 heteroatoms. The van der Waals surface area contributed by atoms with Crippen molar-refractivity contribution in [1.82, 2.24) is 29.7 Å². The first-order chi connectivity index (χ1) is 20.4. The van der Waals surface area contributed by atoms with Gasteiger partial charge in [-0.25, -0.2) is 15.0 Å². The number of ether oxygens (including phenoxy) is 2. The maximum absolute atomic E-state index is 13.3. The summed E-state index contributed by atoms with van der Waals surface area (Å²) in [5, 5.41) is 0. The van der Waals surface area contributed by atoms with E-state index >= 15 is 0 Å². The molecule has 0 atom stereocenters. The van der Waals surface area contributed by atoms with Crippen LogP contribution in [0.25, 0.3) is 11.3 Å². The summed E-state index contributed by atoms with van der Waals surface area (Å²) >= 11 is 0. The monoisotopic (exact) mass is 575 g/mol. The molecule has 0 saturated carbocycles. The van der Waals surface area contributed by atoms with Crippen molar-refractivity contribution < 1.29 is 14.3 Å². The molecule has 5 rings (SSSR count). The number of benzene rings is 1. The van der Waals surface area contributed by atoms with E-state index in [0.29, 0.717) is 37.9 Å². The SMILES string of the molecule is CCN(CCOC)CCN(C)C(=O)c1ccc(N2CCc3c(-c4cnc(N)nc4)nc(N4CCOCC4)nc32)c(C)c1. The molecule has 42 heavy (non-hydrogen) atoms. The first-order valence-corrected chi connectivity index (χ1v) is 14.6. The highest BCUT2D eigenvalue weighted by molar-refractivity contribution is 5.95. The Labute approximate surface area is 247 Å². The molecule has 0 aliphatic carbocycles. The summed E-state index contributed by atoms with van der Waals surface area (Å²) in [5.41, 5.74) is 11.2. The lowest BCUT2D eigenvalue weighted by atomic mass is 10.1. The smallest absolute Gasteiger partial charge is 0.253 e. The minimum atomic E-state index is 0.0110. The van der Waals surface area contributed by atoms with Crippen molar-refractivity contribution in [2.75, 3.05) is 95.3 Å². The largest absolute Gasteiger partial charge is 0.383 e. The highest BCUT2D eigenvalue weighted by Gasteiger charge is 2.30. The highest BCUT2D eigenvalue weighted by atomic mass is 16.5. The van der Waals surface area contributed by atoms with Crippen molar-refractivity contribution >= 4 is 29.3 Å². The number of likely N-dealkylation sites (N-methyl/N-ethyl adjacent to an activating group) is 2. The summed E-state index contributed by atoms with van der Waals surface area (Å²) in [6, 6.07) is 5.93. The van der Waals surface area contributed by atoms with E-state index in [9.17, 15) is 4.79 Å². The maximum Gasteiger partial charge on any atom is 0.253 e. The lowest BCUT2D eigenvalue weighted by Crippen LogP contribution is -2.37. The molecule has 1 aromatic carbocycles. The van der Waals surface area contributed by atoms with Crippen LogP contribution in [0, 0.1) is 6.92 Å². The number of nitrogen functional groups attached to an aromatic ring is 1. The Hall–Kier alpha value is -3.87. The summed E-state index contributed by atoms with van der Waals surface area (Å²) in [6.45, 7) is 11.5. The second-order valence-electron chi connectivity index (χ2n) is 10.7. The van der Waals surface area contributed by atoms with E-state index in [1.54, 1.807) is 24.4 Å². The van der Waals surface area contributed by atoms with Gasteiger partial charge in [0.1, 0.15) is 5.82 Å². The van der Waals surface area contributed by atoms with Gasteiger partial charge in [-0.05, 0) is 43.7 Å². The van der Waals surface area contributed by atoms with Crippen molar-refractivity contribution in [2.24, 2.45) is 0 Å². The van der Waals surface area contributed by atoms with Crippen molar-refractivity contribution in [1.29, 1.82) is 0 Å². The summed E-state index contributed by atoms with van der Waals surface area (Å²) in [6.07, 6.45) is 4.21. The number of methoxy groups -OCH3 is 1. The first-order valence-electron chi connectivity index (χ1n) is 14.6. The fourth-order valence-corrected chi connectivity index (χ4v) is 5.44. The quantitative estimate of drug-likeness (QED) is 0.362. The van der Waals surface area contributed by atoms with Crippen LogP contribution in [0.15, 0.2) is 30.6 Å². The van der Waals surface area contributed by atoms with Crippen LogP contribution in [0.2, 0.25) is 0 Å². The van der Waals surface area contributed by atoms with Gasteiger partial charge in [-0.2, -0.15) is 4.98 Å². The third kappa shape index (κ3) is 6.45. The summed E-state index contributed by atoms with van der Waals surface area (Å²) < 4.78 is 10.8. The Bertz CT molecular complexity index is 1380. The molecule has 2 aromatic heterocycles. The van der Waals surface area contributed by atoms with E-state index in [4.69, 9.17) is 25.2 Å². The molecule has 2 aliphatic rings. The zero-order valence-corrected chi connectivity index (χ0v) is 25.0. The second-order valence-corrected chi connectivity index (χ2v) is 10.7. The number of aromatic nitrogens is 4. The first kappa shape index (κ1) is 29.6. The van der Waals surface area contributed by atoms with Gasteiger partial charge in [-0.15, -0.1) is 0 Å². The predicted molar refractivity (Wildman–Crippen MR) is 163 cm³/mol. The van der Waals surface area contributed by atoms with Crippen molar-refractivity contribution in [3.05, 3.63) is 47.3 Å². The topological polar surface area (TPSA) is 126 Å². The molecule has 0 unspecified atom stereocenters. The summed E-state index contributed by atoms with van der Waals surface area (Å²) in [4.78, 5) is 40.2. The molecule has 2 N–H and O–H groups in total. The molecular formula is C30H41N9O3. The van der Waals surface area contributed by atoms with Gasteiger partial charge in [-0.1, -0.05) is 6.92 Å². The Morgan fingerprint density at radius 1 is 1.10 bits per heavy atom. The van der Waals surface area contributed by atoms with E-state index in [2.05, 4.69) is 31.6 Å². The molecule has 2 aliphatic heterocycles. The Kier molecular flexibility index (Phi) is 9.45. The molecule has 1 saturated heterocycles. The lowest BCUT2D eigenvalue weighted by Gasteiger charge is -2.29. The average molecular weight is 576 g/mol. The van der Waals surface area contributed by atoms with Crippen molar-refractivity contribution in [3.63, 3.8) is 0 Å². The number of nitrogens with two attached hydrogens (primary N) is 1. The van der Waals surface area contributed by atoms with Crippen LogP contribution in [0.3, 0.4) is 0 Å². The molecule has 4 heterocycles. The van der Waals surface area contributed by atoms with Gasteiger partial charge in [0.15, 0.2) is 0 Å². The number of fused-ring (bicyclic) bond motifs is 1. The molecule has 1 amide bonds. The number of rotatable bonds is 11. The molecule has 0 spiro atoms. The molecule has 3 aromatic rings. The number of anilines is 4. The minimum absolute atomic E-state index is 0.0110. The molecule has 0 bridgehead atoms. The third-order valence-electron chi connectivity index (χ3n) is 7.95. The number of morpholine rings is 1.